The number of amides is 3. The second kappa shape index (κ2) is 8.61. The second-order valence-corrected chi connectivity index (χ2v) is 6.77. The summed E-state index contributed by atoms with van der Waals surface area (Å²) in [5, 5.41) is 2.65. The number of ether oxygens (including phenoxy) is 2. The lowest BCUT2D eigenvalue weighted by molar-refractivity contribution is -0.117. The van der Waals surface area contributed by atoms with Crippen LogP contribution in [-0.2, 0) is 4.79 Å². The van der Waals surface area contributed by atoms with Gasteiger partial charge in [-0.2, -0.15) is 0 Å². The van der Waals surface area contributed by atoms with Crippen molar-refractivity contribution >= 4 is 23.4 Å². The maximum absolute atomic E-state index is 12.4. The van der Waals surface area contributed by atoms with Crippen molar-refractivity contribution in [3.8, 4) is 11.5 Å². The molecule has 29 heavy (non-hydrogen) atoms. The minimum atomic E-state index is -0.726. The number of rotatable bonds is 7. The van der Waals surface area contributed by atoms with E-state index in [2.05, 4.69) is 5.32 Å². The van der Waals surface area contributed by atoms with Gasteiger partial charge in [-0.1, -0.05) is 12.1 Å². The van der Waals surface area contributed by atoms with E-state index in [0.717, 1.165) is 0 Å². The molecular formula is C20H22N4O5. The maximum Gasteiger partial charge on any atom is 0.248 e. The molecule has 0 radical (unpaired) electrons. The molecular weight excluding hydrogens is 376 g/mol. The number of nitrogens with one attached hydrogen (secondary N) is 1. The van der Waals surface area contributed by atoms with Crippen LogP contribution in [0.15, 0.2) is 42.5 Å². The highest BCUT2D eigenvalue weighted by Gasteiger charge is 2.22. The lowest BCUT2D eigenvalue weighted by atomic mass is 10.1. The molecule has 1 aliphatic rings. The molecule has 5 N–H and O–H groups in total. The van der Waals surface area contributed by atoms with Crippen molar-refractivity contribution < 1.29 is 23.9 Å². The number of para-hydroxylation sites is 2. The monoisotopic (exact) mass is 398 g/mol. The van der Waals surface area contributed by atoms with E-state index < -0.39 is 11.8 Å². The fourth-order valence-corrected chi connectivity index (χ4v) is 3.00. The number of likely N-dealkylation sites (N-methyl/N-ethyl adjacent to an activating group) is 1. The largest absolute Gasteiger partial charge is 0.486 e. The summed E-state index contributed by atoms with van der Waals surface area (Å²) in [6, 6.07) is 11.5. The van der Waals surface area contributed by atoms with Crippen LogP contribution in [0.2, 0.25) is 0 Å². The zero-order valence-corrected chi connectivity index (χ0v) is 15.9. The molecule has 0 saturated carbocycles. The van der Waals surface area contributed by atoms with Crippen LogP contribution < -0.4 is 26.3 Å². The van der Waals surface area contributed by atoms with Crippen LogP contribution in [0.1, 0.15) is 20.7 Å². The van der Waals surface area contributed by atoms with Crippen LogP contribution in [0, 0.1) is 0 Å². The molecule has 3 amide bonds. The molecule has 152 valence electrons. The van der Waals surface area contributed by atoms with E-state index in [4.69, 9.17) is 20.9 Å². The number of anilines is 1. The number of primary amides is 2. The van der Waals surface area contributed by atoms with Gasteiger partial charge in [-0.05, 0) is 37.4 Å². The van der Waals surface area contributed by atoms with Gasteiger partial charge < -0.3 is 26.3 Å². The van der Waals surface area contributed by atoms with Crippen molar-refractivity contribution in [2.45, 2.75) is 6.10 Å². The fraction of sp³-hybridized carbons (Fsp3) is 0.250. The molecule has 2 aromatic carbocycles. The predicted molar refractivity (Wildman–Crippen MR) is 106 cm³/mol. The standard InChI is InChI=1S/C20H22N4O5/c1-24(9-15-11-28-16-4-2-3-5-17(16)29-15)10-18(25)23-14-7-12(19(21)26)6-13(8-14)20(22)27/h2-8,15H,9-11H2,1H3,(H2,21,26)(H2,22,27)(H,23,25)/t15-/m1/s1. The Kier molecular flexibility index (Phi) is 5.99. The molecule has 0 unspecified atom stereocenters. The average molecular weight is 398 g/mol. The molecule has 2 aromatic rings. The van der Waals surface area contributed by atoms with Gasteiger partial charge in [-0.25, -0.2) is 0 Å². The Hall–Kier alpha value is -3.59. The number of hydrogen-bond acceptors (Lipinski definition) is 6. The number of nitrogens with two attached hydrogens (primary N) is 2. The van der Waals surface area contributed by atoms with E-state index in [-0.39, 0.29) is 35.4 Å². The first kappa shape index (κ1) is 20.2. The number of carbonyl (C=O) groups is 3. The highest BCUT2D eigenvalue weighted by Crippen LogP contribution is 2.30. The molecule has 0 aliphatic carbocycles. The summed E-state index contributed by atoms with van der Waals surface area (Å²) in [5.41, 5.74) is 11.0. The number of fused-ring (bicyclic) bond motifs is 1. The van der Waals surface area contributed by atoms with E-state index >= 15 is 0 Å². The molecule has 1 heterocycles. The van der Waals surface area contributed by atoms with Crippen molar-refractivity contribution in [3.05, 3.63) is 53.6 Å². The summed E-state index contributed by atoms with van der Waals surface area (Å²) in [7, 11) is 1.78. The Morgan fingerprint density at radius 2 is 1.69 bits per heavy atom. The fourth-order valence-electron chi connectivity index (χ4n) is 3.00. The van der Waals surface area contributed by atoms with Gasteiger partial charge in [0.15, 0.2) is 11.5 Å². The molecule has 0 spiro atoms. The SMILES string of the molecule is CN(CC(=O)Nc1cc(C(N)=O)cc(C(N)=O)c1)C[C@@H]1COc2ccccc2O1. The number of carbonyl (C=O) groups excluding carboxylic acids is 3. The zero-order chi connectivity index (χ0) is 21.0. The van der Waals surface area contributed by atoms with Crippen LogP contribution in [0.5, 0.6) is 11.5 Å². The van der Waals surface area contributed by atoms with Gasteiger partial charge in [0, 0.05) is 23.4 Å². The summed E-state index contributed by atoms with van der Waals surface area (Å²) in [5.74, 6) is -0.417. The van der Waals surface area contributed by atoms with Crippen LogP contribution >= 0.6 is 0 Å². The third kappa shape index (κ3) is 5.23. The minimum absolute atomic E-state index is 0.0637. The van der Waals surface area contributed by atoms with Crippen LogP contribution in [-0.4, -0.2) is 55.5 Å². The molecule has 9 nitrogen and oxygen atoms in total. The van der Waals surface area contributed by atoms with Crippen LogP contribution in [0.4, 0.5) is 5.69 Å². The third-order valence-electron chi connectivity index (χ3n) is 4.28. The van der Waals surface area contributed by atoms with Gasteiger partial charge in [-0.15, -0.1) is 0 Å². The number of hydrogen-bond donors (Lipinski definition) is 3. The van der Waals surface area contributed by atoms with Gasteiger partial charge in [0.25, 0.3) is 0 Å². The van der Waals surface area contributed by atoms with Gasteiger partial charge in [0.05, 0.1) is 6.54 Å². The quantitative estimate of drug-likeness (QED) is 0.624. The first-order valence-corrected chi connectivity index (χ1v) is 8.93. The smallest absolute Gasteiger partial charge is 0.248 e. The summed E-state index contributed by atoms with van der Waals surface area (Å²) >= 11 is 0. The Labute approximate surface area is 167 Å². The molecule has 0 fully saturated rings. The summed E-state index contributed by atoms with van der Waals surface area (Å²) in [6.45, 7) is 0.912. The lowest BCUT2D eigenvalue weighted by Crippen LogP contribution is -2.42. The van der Waals surface area contributed by atoms with E-state index in [0.29, 0.717) is 24.7 Å². The topological polar surface area (TPSA) is 137 Å². The first-order valence-electron chi connectivity index (χ1n) is 8.93. The van der Waals surface area contributed by atoms with E-state index in [1.807, 2.05) is 24.3 Å². The summed E-state index contributed by atoms with van der Waals surface area (Å²) in [4.78, 5) is 37.0. The van der Waals surface area contributed by atoms with Crippen molar-refractivity contribution in [2.24, 2.45) is 11.5 Å². The van der Waals surface area contributed by atoms with Crippen LogP contribution in [0.25, 0.3) is 0 Å². The molecule has 0 bridgehead atoms. The van der Waals surface area contributed by atoms with E-state index in [1.165, 1.54) is 18.2 Å². The lowest BCUT2D eigenvalue weighted by Gasteiger charge is -2.29. The molecule has 1 atom stereocenters. The normalized spacial score (nSPS) is 15.0. The number of benzene rings is 2. The van der Waals surface area contributed by atoms with Crippen molar-refractivity contribution in [1.29, 1.82) is 0 Å². The minimum Gasteiger partial charge on any atom is -0.486 e. The van der Waals surface area contributed by atoms with Gasteiger partial charge in [-0.3, -0.25) is 19.3 Å². The van der Waals surface area contributed by atoms with Gasteiger partial charge >= 0.3 is 0 Å². The molecule has 3 rings (SSSR count). The summed E-state index contributed by atoms with van der Waals surface area (Å²) in [6.07, 6.45) is -0.220. The average Bonchev–Trinajstić information content (AvgIpc) is 2.67. The molecule has 9 heteroatoms. The third-order valence-corrected chi connectivity index (χ3v) is 4.28. The zero-order valence-electron chi connectivity index (χ0n) is 15.9. The second-order valence-electron chi connectivity index (χ2n) is 6.77. The van der Waals surface area contributed by atoms with Gasteiger partial charge in [0.2, 0.25) is 17.7 Å². The Bertz CT molecular complexity index is 914. The van der Waals surface area contributed by atoms with Crippen molar-refractivity contribution in [1.82, 2.24) is 4.90 Å². The highest BCUT2D eigenvalue weighted by molar-refractivity contribution is 6.01. The molecule has 1 aliphatic heterocycles. The van der Waals surface area contributed by atoms with E-state index in [9.17, 15) is 14.4 Å². The molecule has 0 saturated heterocycles. The van der Waals surface area contributed by atoms with Gasteiger partial charge in [0.1, 0.15) is 12.7 Å². The summed E-state index contributed by atoms with van der Waals surface area (Å²) < 4.78 is 11.6. The maximum atomic E-state index is 12.4. The first-order chi connectivity index (χ1) is 13.8. The molecule has 0 aromatic heterocycles. The predicted octanol–water partition coefficient (Wildman–Crippen LogP) is 0.595. The Morgan fingerprint density at radius 3 is 2.31 bits per heavy atom. The Balaban J connectivity index is 1.58. The van der Waals surface area contributed by atoms with Crippen LogP contribution in [0.3, 0.4) is 0 Å². The number of nitrogens with zero attached hydrogens (tertiary/aromatic N) is 1. The Morgan fingerprint density at radius 1 is 1.07 bits per heavy atom. The van der Waals surface area contributed by atoms with Crippen molar-refractivity contribution in [2.75, 3.05) is 32.1 Å². The van der Waals surface area contributed by atoms with E-state index in [1.54, 1.807) is 11.9 Å². The van der Waals surface area contributed by atoms with Crippen molar-refractivity contribution in [3.63, 3.8) is 0 Å². The highest BCUT2D eigenvalue weighted by atomic mass is 16.6.